The van der Waals surface area contributed by atoms with E-state index in [-0.39, 0.29) is 11.8 Å². The highest BCUT2D eigenvalue weighted by Crippen LogP contribution is 2.29. The average Bonchev–Trinajstić information content (AvgIpc) is 3.21. The minimum Gasteiger partial charge on any atom is -0.496 e. The molecule has 0 bridgehead atoms. The van der Waals surface area contributed by atoms with Gasteiger partial charge in [-0.3, -0.25) is 4.79 Å². The minimum absolute atomic E-state index is 0.0197. The molecular formula is C26H32N4O3. The summed E-state index contributed by atoms with van der Waals surface area (Å²) in [5.41, 5.74) is 3.90. The Kier molecular flexibility index (Phi) is 6.48. The van der Waals surface area contributed by atoms with Gasteiger partial charge in [0.15, 0.2) is 0 Å². The Morgan fingerprint density at radius 3 is 2.88 bits per heavy atom. The maximum absolute atomic E-state index is 13.7. The van der Waals surface area contributed by atoms with E-state index in [1.165, 1.54) is 24.8 Å². The number of nitrogens with zero attached hydrogens (tertiary/aromatic N) is 4. The summed E-state index contributed by atoms with van der Waals surface area (Å²) in [4.78, 5) is 22.3. The maximum Gasteiger partial charge on any atom is 0.257 e. The second kappa shape index (κ2) is 9.83. The van der Waals surface area contributed by atoms with Gasteiger partial charge in [0.25, 0.3) is 5.91 Å². The summed E-state index contributed by atoms with van der Waals surface area (Å²) in [6.07, 6.45) is 10.4. The van der Waals surface area contributed by atoms with Gasteiger partial charge in [-0.15, -0.1) is 0 Å². The first kappa shape index (κ1) is 21.8. The number of carbonyl (C=O) groups excluding carboxylic acids is 1. The number of ether oxygens (including phenoxy) is 2. The van der Waals surface area contributed by atoms with Crippen molar-refractivity contribution < 1.29 is 14.3 Å². The standard InChI is InChI=1S/C26H32N4O3/c1-32-24-7-6-22(28-10-3-2-4-11-28)16-23(24)26(31)30-13-14-33-19-21(18-30)15-20-5-8-25-27-9-12-29(25)17-20/h5-9,12,16-17,21H,2-4,10-11,13-15,18-19H2,1H3. The molecule has 4 heterocycles. The molecule has 2 aliphatic rings. The number of benzene rings is 1. The van der Waals surface area contributed by atoms with Gasteiger partial charge in [-0.2, -0.15) is 0 Å². The summed E-state index contributed by atoms with van der Waals surface area (Å²) in [6.45, 7) is 4.54. The van der Waals surface area contributed by atoms with Crippen molar-refractivity contribution in [3.8, 4) is 5.75 Å². The Morgan fingerprint density at radius 1 is 1.15 bits per heavy atom. The van der Waals surface area contributed by atoms with Crippen LogP contribution in [0.15, 0.2) is 48.9 Å². The van der Waals surface area contributed by atoms with E-state index in [1.807, 2.05) is 33.7 Å². The van der Waals surface area contributed by atoms with Crippen molar-refractivity contribution in [1.29, 1.82) is 0 Å². The predicted octanol–water partition coefficient (Wildman–Crippen LogP) is 3.66. The van der Waals surface area contributed by atoms with Crippen LogP contribution in [0.3, 0.4) is 0 Å². The number of pyridine rings is 1. The molecule has 2 aliphatic heterocycles. The topological polar surface area (TPSA) is 59.3 Å². The van der Waals surface area contributed by atoms with E-state index in [0.29, 0.717) is 37.6 Å². The number of anilines is 1. The predicted molar refractivity (Wildman–Crippen MR) is 128 cm³/mol. The molecule has 7 nitrogen and oxygen atoms in total. The van der Waals surface area contributed by atoms with Gasteiger partial charge in [0.05, 0.1) is 25.9 Å². The fourth-order valence-corrected chi connectivity index (χ4v) is 4.99. The summed E-state index contributed by atoms with van der Waals surface area (Å²) in [6, 6.07) is 10.2. The fourth-order valence-electron chi connectivity index (χ4n) is 4.99. The molecule has 1 atom stereocenters. The van der Waals surface area contributed by atoms with Crippen molar-refractivity contribution in [2.24, 2.45) is 5.92 Å². The number of methoxy groups -OCH3 is 1. The van der Waals surface area contributed by atoms with Crippen molar-refractivity contribution in [2.75, 3.05) is 51.4 Å². The SMILES string of the molecule is COc1ccc(N2CCCCC2)cc1C(=O)N1CCOCC(Cc2ccc3nccn3c2)C1. The lowest BCUT2D eigenvalue weighted by molar-refractivity contribution is 0.0734. The smallest absolute Gasteiger partial charge is 0.257 e. The first-order valence-corrected chi connectivity index (χ1v) is 11.9. The van der Waals surface area contributed by atoms with E-state index in [1.54, 1.807) is 13.3 Å². The van der Waals surface area contributed by atoms with Crippen LogP contribution < -0.4 is 9.64 Å². The number of amides is 1. The molecule has 0 spiro atoms. The van der Waals surface area contributed by atoms with Crippen LogP contribution in [0.1, 0.15) is 35.2 Å². The zero-order chi connectivity index (χ0) is 22.6. The Morgan fingerprint density at radius 2 is 2.03 bits per heavy atom. The van der Waals surface area contributed by atoms with E-state index < -0.39 is 0 Å². The largest absolute Gasteiger partial charge is 0.496 e. The second-order valence-electron chi connectivity index (χ2n) is 9.06. The van der Waals surface area contributed by atoms with Crippen LogP contribution in [0.4, 0.5) is 5.69 Å². The molecule has 2 aromatic heterocycles. The van der Waals surface area contributed by atoms with Gasteiger partial charge >= 0.3 is 0 Å². The number of fused-ring (bicyclic) bond motifs is 1. The number of rotatable bonds is 5. The van der Waals surface area contributed by atoms with Crippen molar-refractivity contribution in [3.63, 3.8) is 0 Å². The highest BCUT2D eigenvalue weighted by atomic mass is 16.5. The Balaban J connectivity index is 1.34. The highest BCUT2D eigenvalue weighted by Gasteiger charge is 2.26. The monoisotopic (exact) mass is 448 g/mol. The lowest BCUT2D eigenvalue weighted by Crippen LogP contribution is -2.37. The summed E-state index contributed by atoms with van der Waals surface area (Å²) < 4.78 is 13.5. The Bertz CT molecular complexity index is 1110. The summed E-state index contributed by atoms with van der Waals surface area (Å²) in [5.74, 6) is 0.882. The van der Waals surface area contributed by atoms with Crippen LogP contribution in [0.2, 0.25) is 0 Å². The minimum atomic E-state index is 0.0197. The number of imidazole rings is 1. The number of aromatic nitrogens is 2. The van der Waals surface area contributed by atoms with E-state index in [9.17, 15) is 4.79 Å². The van der Waals surface area contributed by atoms with Gasteiger partial charge in [-0.1, -0.05) is 6.07 Å². The van der Waals surface area contributed by atoms with Crippen LogP contribution in [0.5, 0.6) is 5.75 Å². The van der Waals surface area contributed by atoms with E-state index >= 15 is 0 Å². The van der Waals surface area contributed by atoms with Gasteiger partial charge < -0.3 is 23.7 Å². The lowest BCUT2D eigenvalue weighted by atomic mass is 10.00. The van der Waals surface area contributed by atoms with Gasteiger partial charge in [-0.25, -0.2) is 4.98 Å². The molecule has 2 fully saturated rings. The van der Waals surface area contributed by atoms with Gasteiger partial charge in [0.2, 0.25) is 0 Å². The number of hydrogen-bond acceptors (Lipinski definition) is 5. The third kappa shape index (κ3) is 4.83. The van der Waals surface area contributed by atoms with E-state index in [2.05, 4.69) is 28.2 Å². The summed E-state index contributed by atoms with van der Waals surface area (Å²) in [7, 11) is 1.63. The molecule has 3 aromatic rings. The molecule has 0 aliphatic carbocycles. The molecule has 5 rings (SSSR count). The van der Waals surface area contributed by atoms with Gasteiger partial charge in [-0.05, 0) is 55.5 Å². The van der Waals surface area contributed by atoms with E-state index in [4.69, 9.17) is 9.47 Å². The molecule has 1 unspecified atom stereocenters. The zero-order valence-electron chi connectivity index (χ0n) is 19.3. The number of piperidine rings is 1. The molecule has 174 valence electrons. The third-order valence-corrected chi connectivity index (χ3v) is 6.73. The first-order chi connectivity index (χ1) is 16.2. The van der Waals surface area contributed by atoms with Crippen molar-refractivity contribution in [1.82, 2.24) is 14.3 Å². The Labute approximate surface area is 194 Å². The first-order valence-electron chi connectivity index (χ1n) is 11.9. The molecular weight excluding hydrogens is 416 g/mol. The van der Waals surface area contributed by atoms with Crippen molar-refractivity contribution >= 4 is 17.2 Å². The van der Waals surface area contributed by atoms with E-state index in [0.717, 1.165) is 30.8 Å². The van der Waals surface area contributed by atoms with Crippen molar-refractivity contribution in [3.05, 3.63) is 60.0 Å². The van der Waals surface area contributed by atoms with Crippen molar-refractivity contribution in [2.45, 2.75) is 25.7 Å². The van der Waals surface area contributed by atoms with Gasteiger partial charge in [0, 0.05) is 56.4 Å². The fraction of sp³-hybridized carbons (Fsp3) is 0.462. The normalized spacial score (nSPS) is 19.5. The average molecular weight is 449 g/mol. The molecule has 1 amide bonds. The second-order valence-corrected chi connectivity index (χ2v) is 9.06. The van der Waals surface area contributed by atoms with Gasteiger partial charge in [0.1, 0.15) is 11.4 Å². The summed E-state index contributed by atoms with van der Waals surface area (Å²) >= 11 is 0. The molecule has 33 heavy (non-hydrogen) atoms. The number of hydrogen-bond donors (Lipinski definition) is 0. The quantitative estimate of drug-likeness (QED) is 0.596. The molecule has 7 heteroatoms. The van der Waals surface area contributed by atoms with Crippen LogP contribution >= 0.6 is 0 Å². The highest BCUT2D eigenvalue weighted by molar-refractivity contribution is 5.98. The number of carbonyl (C=O) groups is 1. The maximum atomic E-state index is 13.7. The van der Waals surface area contributed by atoms with Crippen LogP contribution in [-0.4, -0.2) is 66.7 Å². The molecule has 0 N–H and O–H groups in total. The molecule has 0 radical (unpaired) electrons. The van der Waals surface area contributed by atoms with Crippen LogP contribution in [0, 0.1) is 5.92 Å². The molecule has 0 saturated carbocycles. The zero-order valence-corrected chi connectivity index (χ0v) is 19.3. The molecule has 1 aromatic carbocycles. The third-order valence-electron chi connectivity index (χ3n) is 6.73. The van der Waals surface area contributed by atoms with Crippen LogP contribution in [0.25, 0.3) is 5.65 Å². The molecule has 2 saturated heterocycles. The van der Waals surface area contributed by atoms with Crippen LogP contribution in [-0.2, 0) is 11.2 Å². The summed E-state index contributed by atoms with van der Waals surface area (Å²) in [5, 5.41) is 0. The lowest BCUT2D eigenvalue weighted by Gasteiger charge is -2.30. The Hall–Kier alpha value is -3.06.